The minimum absolute atomic E-state index is 0. The summed E-state index contributed by atoms with van der Waals surface area (Å²) in [6.07, 6.45) is -0.526. The van der Waals surface area contributed by atoms with Gasteiger partial charge in [-0.25, -0.2) is 0 Å². The van der Waals surface area contributed by atoms with Gasteiger partial charge in [0, 0.05) is 17.5 Å². The number of carbonyl (C=O) groups is 2. The first-order valence-corrected chi connectivity index (χ1v) is 6.35. The molecule has 3 N–H and O–H groups in total. The van der Waals surface area contributed by atoms with Crippen LogP contribution < -0.4 is 0 Å². The first-order valence-electron chi connectivity index (χ1n) is 4.91. The Morgan fingerprint density at radius 3 is 2.11 bits per heavy atom. The van der Waals surface area contributed by atoms with Gasteiger partial charge in [-0.2, -0.15) is 8.42 Å². The van der Waals surface area contributed by atoms with Crippen LogP contribution >= 0.6 is 0 Å². The second-order valence-electron chi connectivity index (χ2n) is 4.18. The summed E-state index contributed by atoms with van der Waals surface area (Å²) in [5, 5.41) is 0. The first kappa shape index (κ1) is 18.4. The zero-order chi connectivity index (χ0) is 12.8. The van der Waals surface area contributed by atoms with Crippen LogP contribution in [-0.2, 0) is 10.1 Å². The van der Waals surface area contributed by atoms with Crippen LogP contribution in [0.15, 0.2) is 24.3 Å². The molecular formula is C11H13NaO6S. The van der Waals surface area contributed by atoms with Gasteiger partial charge >= 0.3 is 29.6 Å². The first-order chi connectivity index (χ1) is 7.77. The number of carbonyl (C=O) groups excluding carboxylic acids is 2. The average molecular weight is 296 g/mol. The quantitative estimate of drug-likeness (QED) is 0.560. The number of rotatable bonds is 1. The molecule has 19 heavy (non-hydrogen) atoms. The number of fused-ring (bicyclic) bond motifs is 1. The molecule has 100 valence electrons. The van der Waals surface area contributed by atoms with Crippen molar-refractivity contribution in [1.29, 1.82) is 0 Å². The van der Waals surface area contributed by atoms with Crippen LogP contribution in [0.2, 0.25) is 0 Å². The molecule has 0 aliphatic heterocycles. The van der Waals surface area contributed by atoms with Crippen LogP contribution in [0.3, 0.4) is 0 Å². The molecule has 1 aliphatic carbocycles. The van der Waals surface area contributed by atoms with Gasteiger partial charge in [-0.15, -0.1) is 0 Å². The van der Waals surface area contributed by atoms with Crippen molar-refractivity contribution in [2.75, 3.05) is 0 Å². The second kappa shape index (κ2) is 5.82. The van der Waals surface area contributed by atoms with Crippen molar-refractivity contribution in [2.24, 2.45) is 0 Å². The fourth-order valence-electron chi connectivity index (χ4n) is 1.90. The Hall–Kier alpha value is -0.570. The molecule has 2 rings (SSSR count). The predicted molar refractivity (Wildman–Crippen MR) is 70.4 cm³/mol. The molecule has 8 heteroatoms. The molecule has 0 heterocycles. The van der Waals surface area contributed by atoms with E-state index in [0.29, 0.717) is 0 Å². The van der Waals surface area contributed by atoms with E-state index in [2.05, 4.69) is 0 Å². The third-order valence-electron chi connectivity index (χ3n) is 3.02. The summed E-state index contributed by atoms with van der Waals surface area (Å²) in [6, 6.07) is 6.00. The van der Waals surface area contributed by atoms with E-state index in [0.717, 1.165) is 6.92 Å². The van der Waals surface area contributed by atoms with Crippen molar-refractivity contribution in [3.8, 4) is 0 Å². The third-order valence-corrected chi connectivity index (χ3v) is 4.49. The number of benzene rings is 1. The molecule has 1 atom stereocenters. The zero-order valence-electron chi connectivity index (χ0n) is 9.50. The van der Waals surface area contributed by atoms with Crippen LogP contribution in [0.25, 0.3) is 0 Å². The predicted octanol–water partition coefficient (Wildman–Crippen LogP) is -0.371. The van der Waals surface area contributed by atoms with Gasteiger partial charge in [-0.1, -0.05) is 24.3 Å². The number of hydrogen-bond donors (Lipinski definition) is 1. The van der Waals surface area contributed by atoms with E-state index in [9.17, 15) is 18.0 Å². The van der Waals surface area contributed by atoms with Crippen molar-refractivity contribution in [2.45, 2.75) is 18.1 Å². The summed E-state index contributed by atoms with van der Waals surface area (Å²) in [4.78, 5) is 23.8. The summed E-state index contributed by atoms with van der Waals surface area (Å²) >= 11 is 0. The number of ketones is 2. The molecule has 0 radical (unpaired) electrons. The Labute approximate surface area is 132 Å². The second-order valence-corrected chi connectivity index (χ2v) is 6.03. The molecule has 6 nitrogen and oxygen atoms in total. The van der Waals surface area contributed by atoms with Gasteiger partial charge in [-0.05, 0) is 6.92 Å². The van der Waals surface area contributed by atoms with Crippen molar-refractivity contribution in [1.82, 2.24) is 0 Å². The van der Waals surface area contributed by atoms with Crippen LogP contribution in [0.1, 0.15) is 34.1 Å². The van der Waals surface area contributed by atoms with Gasteiger partial charge in [-0.3, -0.25) is 14.1 Å². The van der Waals surface area contributed by atoms with Gasteiger partial charge in [0.05, 0.1) is 0 Å². The van der Waals surface area contributed by atoms with Crippen molar-refractivity contribution < 1.29 is 28.0 Å². The maximum absolute atomic E-state index is 12.0. The average Bonchev–Trinajstić information content (AvgIpc) is 2.25. The molecule has 0 saturated carbocycles. The van der Waals surface area contributed by atoms with Crippen molar-refractivity contribution in [3.05, 3.63) is 35.4 Å². The van der Waals surface area contributed by atoms with E-state index in [1.807, 2.05) is 0 Å². The fourth-order valence-corrected chi connectivity index (χ4v) is 2.56. The van der Waals surface area contributed by atoms with Gasteiger partial charge < -0.3 is 5.48 Å². The fraction of sp³-hybridized carbons (Fsp3) is 0.273. The summed E-state index contributed by atoms with van der Waals surface area (Å²) in [5.41, 5.74) is 0.252. The van der Waals surface area contributed by atoms with E-state index in [-0.39, 0.29) is 46.2 Å². The summed E-state index contributed by atoms with van der Waals surface area (Å²) in [6.45, 7) is 1.07. The van der Waals surface area contributed by atoms with Crippen LogP contribution in [0, 0.1) is 0 Å². The van der Waals surface area contributed by atoms with Crippen LogP contribution in [0.4, 0.5) is 0 Å². The van der Waals surface area contributed by atoms with Gasteiger partial charge in [0.2, 0.25) is 0 Å². The SMILES string of the molecule is CC1(S(=O)(=O)O)CC(=O)c2ccccc2C1=O.O.[NaH]. The molecule has 0 fully saturated rings. The summed E-state index contributed by atoms with van der Waals surface area (Å²) in [7, 11) is -4.62. The van der Waals surface area contributed by atoms with E-state index >= 15 is 0 Å². The molecule has 1 aliphatic rings. The summed E-state index contributed by atoms with van der Waals surface area (Å²) < 4.78 is 29.6. The molecule has 0 saturated heterocycles. The molecule has 0 aromatic heterocycles. The Balaban J connectivity index is 0.00000162. The third kappa shape index (κ3) is 2.81. The van der Waals surface area contributed by atoms with Gasteiger partial charge in [0.15, 0.2) is 16.3 Å². The Kier molecular flexibility index (Phi) is 5.65. The molecule has 1 aromatic carbocycles. The molecule has 1 aromatic rings. The molecule has 0 spiro atoms. The molecular weight excluding hydrogens is 283 g/mol. The summed E-state index contributed by atoms with van der Waals surface area (Å²) in [5.74, 6) is -1.20. The van der Waals surface area contributed by atoms with Crippen molar-refractivity contribution in [3.63, 3.8) is 0 Å². The Bertz CT molecular complexity index is 624. The molecule has 1 unspecified atom stereocenters. The standard InChI is InChI=1S/C11H10O5S.Na.H2O.H/c1-11(17(14,15)16)6-9(12)7-4-2-3-5-8(7)10(11)13;;;/h2-5H,6H2,1H3,(H,14,15,16);;1H2;. The normalized spacial score (nSPS) is 22.0. The minimum atomic E-state index is -4.62. The Morgan fingerprint density at radius 1 is 1.16 bits per heavy atom. The molecule has 0 bridgehead atoms. The van der Waals surface area contributed by atoms with Gasteiger partial charge in [0.1, 0.15) is 0 Å². The molecule has 0 amide bonds. The Morgan fingerprint density at radius 2 is 1.63 bits per heavy atom. The number of hydrogen-bond acceptors (Lipinski definition) is 4. The number of Topliss-reactive ketones (excluding diaryl/α,β-unsaturated/α-hetero) is 2. The topological polar surface area (TPSA) is 120 Å². The van der Waals surface area contributed by atoms with E-state index in [1.165, 1.54) is 12.1 Å². The zero-order valence-corrected chi connectivity index (χ0v) is 10.3. The van der Waals surface area contributed by atoms with E-state index < -0.39 is 32.9 Å². The van der Waals surface area contributed by atoms with Gasteiger partial charge in [0.25, 0.3) is 10.1 Å². The maximum atomic E-state index is 12.0. The monoisotopic (exact) mass is 296 g/mol. The van der Waals surface area contributed by atoms with Crippen molar-refractivity contribution >= 4 is 51.2 Å². The van der Waals surface area contributed by atoms with E-state index in [1.54, 1.807) is 12.1 Å². The van der Waals surface area contributed by atoms with E-state index in [4.69, 9.17) is 4.55 Å². The van der Waals surface area contributed by atoms with Crippen LogP contribution in [-0.4, -0.2) is 64.3 Å². The van der Waals surface area contributed by atoms with Crippen LogP contribution in [0.5, 0.6) is 0 Å².